The van der Waals surface area contributed by atoms with E-state index in [1.54, 1.807) is 0 Å². The predicted molar refractivity (Wildman–Crippen MR) is 79.9 cm³/mol. The first-order chi connectivity index (χ1) is 11.3. The molecule has 1 N–H and O–H groups in total. The molecule has 1 aromatic rings. The van der Waals surface area contributed by atoms with Crippen LogP contribution in [-0.2, 0) is 30.3 Å². The first-order valence-corrected chi connectivity index (χ1v) is 7.34. The molecule has 0 aliphatic carbocycles. The molecule has 0 bridgehead atoms. The maximum atomic E-state index is 14.0. The second-order valence-electron chi connectivity index (χ2n) is 4.92. The van der Waals surface area contributed by atoms with Crippen LogP contribution in [0.5, 0.6) is 0 Å². The van der Waals surface area contributed by atoms with E-state index in [2.05, 4.69) is 5.32 Å². The van der Waals surface area contributed by atoms with E-state index in [0.29, 0.717) is 0 Å². The number of nitrogens with one attached hydrogen (secondary N) is 1. The van der Waals surface area contributed by atoms with Gasteiger partial charge in [0, 0.05) is 13.3 Å². The van der Waals surface area contributed by atoms with Crippen molar-refractivity contribution in [3.63, 3.8) is 0 Å². The zero-order chi connectivity index (χ0) is 18.3. The molecule has 1 amide bonds. The van der Waals surface area contributed by atoms with Crippen LogP contribution in [0.1, 0.15) is 26.3 Å². The van der Waals surface area contributed by atoms with Crippen molar-refractivity contribution >= 4 is 17.8 Å². The summed E-state index contributed by atoms with van der Waals surface area (Å²) in [5.74, 6) is -5.31. The highest BCUT2D eigenvalue weighted by molar-refractivity contribution is 6.08. The summed E-state index contributed by atoms with van der Waals surface area (Å²) in [5.41, 5.74) is -2.57. The molecular weight excluding hydrogens is 324 g/mol. The maximum absolute atomic E-state index is 14.0. The zero-order valence-electron chi connectivity index (χ0n) is 13.7. The van der Waals surface area contributed by atoms with Gasteiger partial charge in [0.25, 0.3) is 0 Å². The third kappa shape index (κ3) is 4.27. The molecule has 0 aliphatic heterocycles. The lowest BCUT2D eigenvalue weighted by Gasteiger charge is -2.29. The molecule has 1 aromatic carbocycles. The normalized spacial score (nSPS) is 10.9. The van der Waals surface area contributed by atoms with Crippen LogP contribution in [0.4, 0.5) is 8.78 Å². The molecule has 24 heavy (non-hydrogen) atoms. The fourth-order valence-corrected chi connectivity index (χ4v) is 2.15. The van der Waals surface area contributed by atoms with Crippen molar-refractivity contribution < 1.29 is 32.6 Å². The highest BCUT2D eigenvalue weighted by atomic mass is 19.2. The van der Waals surface area contributed by atoms with Gasteiger partial charge in [0.15, 0.2) is 11.6 Å². The van der Waals surface area contributed by atoms with Gasteiger partial charge in [0.05, 0.1) is 13.2 Å². The molecule has 0 aromatic heterocycles. The van der Waals surface area contributed by atoms with Crippen LogP contribution < -0.4 is 5.32 Å². The average Bonchev–Trinajstić information content (AvgIpc) is 2.51. The third-order valence-electron chi connectivity index (χ3n) is 3.12. The molecule has 0 spiro atoms. The standard InChI is InChI=1S/C16H19F2NO5/c1-4-23-14(21)16(19-10(3)20,15(22)24-5-2)9-11-7-6-8-12(17)13(11)18/h6-8H,4-5,9H2,1-3H3,(H,19,20). The van der Waals surface area contributed by atoms with Gasteiger partial charge >= 0.3 is 11.9 Å². The molecule has 0 heterocycles. The Kier molecular flexibility index (Phi) is 6.82. The SMILES string of the molecule is CCOC(=O)C(Cc1cccc(F)c1F)(NC(C)=O)C(=O)OCC. The van der Waals surface area contributed by atoms with E-state index in [9.17, 15) is 23.2 Å². The number of carbonyl (C=O) groups is 3. The number of carbonyl (C=O) groups excluding carboxylic acids is 3. The summed E-state index contributed by atoms with van der Waals surface area (Å²) < 4.78 is 37.1. The van der Waals surface area contributed by atoms with Crippen molar-refractivity contribution in [3.05, 3.63) is 35.4 Å². The Labute approximate surface area is 138 Å². The van der Waals surface area contributed by atoms with Crippen LogP contribution in [0, 0.1) is 11.6 Å². The Balaban J connectivity index is 3.42. The summed E-state index contributed by atoms with van der Waals surface area (Å²) in [4.78, 5) is 36.3. The summed E-state index contributed by atoms with van der Waals surface area (Å²) in [6, 6.07) is 3.32. The van der Waals surface area contributed by atoms with Gasteiger partial charge < -0.3 is 14.8 Å². The third-order valence-corrected chi connectivity index (χ3v) is 3.12. The highest BCUT2D eigenvalue weighted by Crippen LogP contribution is 2.22. The number of ether oxygens (including phenoxy) is 2. The summed E-state index contributed by atoms with van der Waals surface area (Å²) in [6.07, 6.45) is -0.645. The van der Waals surface area contributed by atoms with Crippen molar-refractivity contribution in [3.8, 4) is 0 Å². The molecule has 0 unspecified atom stereocenters. The molecular formula is C16H19F2NO5. The average molecular weight is 343 g/mol. The minimum Gasteiger partial charge on any atom is -0.464 e. The van der Waals surface area contributed by atoms with Gasteiger partial charge in [-0.25, -0.2) is 18.4 Å². The Hall–Kier alpha value is -2.51. The van der Waals surface area contributed by atoms with Crippen molar-refractivity contribution in [2.45, 2.75) is 32.7 Å². The number of halogens is 2. The number of esters is 2. The minimum absolute atomic E-state index is 0.0782. The highest BCUT2D eigenvalue weighted by Gasteiger charge is 2.50. The zero-order valence-corrected chi connectivity index (χ0v) is 13.7. The molecule has 0 radical (unpaired) electrons. The summed E-state index contributed by atoms with van der Waals surface area (Å²) >= 11 is 0. The quantitative estimate of drug-likeness (QED) is 0.599. The van der Waals surface area contributed by atoms with Gasteiger partial charge in [-0.15, -0.1) is 0 Å². The molecule has 0 fully saturated rings. The molecule has 6 nitrogen and oxygen atoms in total. The number of hydrogen-bond donors (Lipinski definition) is 1. The van der Waals surface area contributed by atoms with Crippen LogP contribution in [0.25, 0.3) is 0 Å². The molecule has 0 aliphatic rings. The van der Waals surface area contributed by atoms with Crippen LogP contribution in [0.3, 0.4) is 0 Å². The molecule has 1 rings (SSSR count). The smallest absolute Gasteiger partial charge is 0.344 e. The second kappa shape index (κ2) is 8.37. The van der Waals surface area contributed by atoms with Gasteiger partial charge in [0.2, 0.25) is 11.4 Å². The molecule has 0 saturated carbocycles. The fraction of sp³-hybridized carbons (Fsp3) is 0.438. The maximum Gasteiger partial charge on any atom is 0.344 e. The lowest BCUT2D eigenvalue weighted by Crippen LogP contribution is -2.62. The van der Waals surface area contributed by atoms with Gasteiger partial charge in [0.1, 0.15) is 0 Å². The number of hydrogen-bond acceptors (Lipinski definition) is 5. The Morgan fingerprint density at radius 2 is 1.62 bits per heavy atom. The van der Waals surface area contributed by atoms with Gasteiger partial charge in [-0.05, 0) is 25.5 Å². The first kappa shape index (κ1) is 19.5. The van der Waals surface area contributed by atoms with Gasteiger partial charge in [-0.2, -0.15) is 0 Å². The number of amides is 1. The van der Waals surface area contributed by atoms with Crippen molar-refractivity contribution in [2.75, 3.05) is 13.2 Å². The number of rotatable bonds is 7. The van der Waals surface area contributed by atoms with Crippen LogP contribution in [0.15, 0.2) is 18.2 Å². The minimum atomic E-state index is -2.30. The van der Waals surface area contributed by atoms with E-state index >= 15 is 0 Å². The van der Waals surface area contributed by atoms with Crippen LogP contribution in [0.2, 0.25) is 0 Å². The molecule has 0 atom stereocenters. The second-order valence-corrected chi connectivity index (χ2v) is 4.92. The molecule has 132 valence electrons. The number of benzene rings is 1. The Morgan fingerprint density at radius 3 is 2.08 bits per heavy atom. The lowest BCUT2D eigenvalue weighted by molar-refractivity contribution is -0.168. The van der Waals surface area contributed by atoms with E-state index in [0.717, 1.165) is 13.0 Å². The van der Waals surface area contributed by atoms with E-state index < -0.39 is 41.4 Å². The van der Waals surface area contributed by atoms with E-state index in [1.807, 2.05) is 0 Å². The predicted octanol–water partition coefficient (Wildman–Crippen LogP) is 1.51. The van der Waals surface area contributed by atoms with E-state index in [-0.39, 0.29) is 18.8 Å². The van der Waals surface area contributed by atoms with E-state index in [4.69, 9.17) is 9.47 Å². The summed E-state index contributed by atoms with van der Waals surface area (Å²) in [7, 11) is 0. The Bertz CT molecular complexity index is 615. The van der Waals surface area contributed by atoms with E-state index in [1.165, 1.54) is 26.0 Å². The Morgan fingerprint density at radius 1 is 1.08 bits per heavy atom. The summed E-state index contributed by atoms with van der Waals surface area (Å²) in [5, 5.41) is 2.18. The van der Waals surface area contributed by atoms with Crippen LogP contribution >= 0.6 is 0 Å². The lowest BCUT2D eigenvalue weighted by atomic mass is 9.90. The van der Waals surface area contributed by atoms with Crippen molar-refractivity contribution in [1.82, 2.24) is 5.32 Å². The summed E-state index contributed by atoms with van der Waals surface area (Å²) in [6.45, 7) is 3.93. The fourth-order valence-electron chi connectivity index (χ4n) is 2.15. The topological polar surface area (TPSA) is 81.7 Å². The molecule has 8 heteroatoms. The molecule has 0 saturated heterocycles. The van der Waals surface area contributed by atoms with Gasteiger partial charge in [-0.1, -0.05) is 12.1 Å². The first-order valence-electron chi connectivity index (χ1n) is 7.34. The van der Waals surface area contributed by atoms with Crippen molar-refractivity contribution in [2.24, 2.45) is 0 Å². The largest absolute Gasteiger partial charge is 0.464 e. The van der Waals surface area contributed by atoms with Crippen molar-refractivity contribution in [1.29, 1.82) is 0 Å². The monoisotopic (exact) mass is 343 g/mol. The van der Waals surface area contributed by atoms with Gasteiger partial charge in [-0.3, -0.25) is 4.79 Å². The van der Waals surface area contributed by atoms with Crippen LogP contribution in [-0.4, -0.2) is 36.6 Å².